The van der Waals surface area contributed by atoms with Crippen molar-refractivity contribution in [3.8, 4) is 11.1 Å². The van der Waals surface area contributed by atoms with Crippen LogP contribution < -0.4 is 11.1 Å². The summed E-state index contributed by atoms with van der Waals surface area (Å²) in [5, 5.41) is 4.54. The first-order chi connectivity index (χ1) is 10.3. The van der Waals surface area contributed by atoms with Gasteiger partial charge in [0.1, 0.15) is 10.8 Å². The number of anilines is 2. The highest BCUT2D eigenvalue weighted by molar-refractivity contribution is 7.11. The number of nitrogens with two attached hydrogens (primary N) is 1. The third-order valence-corrected chi connectivity index (χ3v) is 4.32. The van der Waals surface area contributed by atoms with Crippen molar-refractivity contribution in [1.29, 1.82) is 0 Å². The summed E-state index contributed by atoms with van der Waals surface area (Å²) in [6.45, 7) is 3.22. The lowest BCUT2D eigenvalue weighted by Crippen LogP contribution is -2.01. The van der Waals surface area contributed by atoms with E-state index in [1.165, 1.54) is 50.1 Å². The maximum Gasteiger partial charge on any atom is 0.147 e. The van der Waals surface area contributed by atoms with E-state index in [-0.39, 0.29) is 0 Å². The molecule has 0 spiro atoms. The summed E-state index contributed by atoms with van der Waals surface area (Å²) in [7, 11) is 0. The van der Waals surface area contributed by atoms with Crippen LogP contribution in [0.4, 0.5) is 10.8 Å². The van der Waals surface area contributed by atoms with Crippen molar-refractivity contribution in [2.45, 2.75) is 45.4 Å². The molecule has 0 saturated heterocycles. The van der Waals surface area contributed by atoms with Gasteiger partial charge in [0.15, 0.2) is 0 Å². The lowest BCUT2D eigenvalue weighted by Gasteiger charge is -2.07. The van der Waals surface area contributed by atoms with Gasteiger partial charge in [0.25, 0.3) is 0 Å². The van der Waals surface area contributed by atoms with Gasteiger partial charge in [0, 0.05) is 18.9 Å². The molecule has 2 rings (SSSR count). The Balaban J connectivity index is 1.84. The van der Waals surface area contributed by atoms with Gasteiger partial charge in [-0.25, -0.2) is 0 Å². The van der Waals surface area contributed by atoms with Crippen molar-refractivity contribution in [3.63, 3.8) is 0 Å². The fraction of sp³-hybridized carbons (Fsp3) is 0.500. The summed E-state index contributed by atoms with van der Waals surface area (Å²) in [6, 6.07) is 3.94. The number of hydrogen-bond acceptors (Lipinski definition) is 5. The molecule has 0 aliphatic heterocycles. The molecule has 0 amide bonds. The van der Waals surface area contributed by atoms with Gasteiger partial charge >= 0.3 is 0 Å². The molecule has 21 heavy (non-hydrogen) atoms. The van der Waals surface area contributed by atoms with Gasteiger partial charge in [0.2, 0.25) is 0 Å². The number of aromatic nitrogens is 2. The molecule has 0 bridgehead atoms. The molecule has 5 heteroatoms. The average Bonchev–Trinajstić information content (AvgIpc) is 2.88. The Bertz CT molecular complexity index is 524. The smallest absolute Gasteiger partial charge is 0.147 e. The second kappa shape index (κ2) is 8.62. The van der Waals surface area contributed by atoms with Crippen LogP contribution in [-0.4, -0.2) is 15.9 Å². The van der Waals surface area contributed by atoms with E-state index < -0.39 is 0 Å². The summed E-state index contributed by atoms with van der Waals surface area (Å²) in [5.74, 6) is 0.594. The van der Waals surface area contributed by atoms with E-state index in [0.29, 0.717) is 5.82 Å². The Kier molecular flexibility index (Phi) is 6.47. The average molecular weight is 304 g/mol. The molecule has 0 radical (unpaired) electrons. The van der Waals surface area contributed by atoms with Crippen LogP contribution in [-0.2, 0) is 0 Å². The van der Waals surface area contributed by atoms with Crippen molar-refractivity contribution in [2.75, 3.05) is 17.6 Å². The first-order valence-corrected chi connectivity index (χ1v) is 8.49. The van der Waals surface area contributed by atoms with Crippen LogP contribution in [0.1, 0.15) is 45.4 Å². The SMILES string of the molecule is CCCCCCCCNc1snc(N)c1-c1ccncc1. The number of nitrogen functional groups attached to an aromatic ring is 1. The number of pyridine rings is 1. The van der Waals surface area contributed by atoms with Crippen LogP contribution in [0.5, 0.6) is 0 Å². The van der Waals surface area contributed by atoms with Crippen molar-refractivity contribution in [2.24, 2.45) is 0 Å². The Morgan fingerprint density at radius 2 is 1.81 bits per heavy atom. The summed E-state index contributed by atoms with van der Waals surface area (Å²) >= 11 is 1.44. The van der Waals surface area contributed by atoms with Crippen LogP contribution in [0, 0.1) is 0 Å². The van der Waals surface area contributed by atoms with Crippen molar-refractivity contribution >= 4 is 22.4 Å². The van der Waals surface area contributed by atoms with Crippen molar-refractivity contribution in [3.05, 3.63) is 24.5 Å². The summed E-state index contributed by atoms with van der Waals surface area (Å²) in [5.41, 5.74) is 8.08. The second-order valence-corrected chi connectivity index (χ2v) is 5.98. The zero-order valence-corrected chi connectivity index (χ0v) is 13.5. The maximum absolute atomic E-state index is 6.00. The minimum Gasteiger partial charge on any atom is -0.382 e. The van der Waals surface area contributed by atoms with E-state index in [1.54, 1.807) is 12.4 Å². The normalized spacial score (nSPS) is 10.7. The van der Waals surface area contributed by atoms with Crippen LogP contribution in [0.3, 0.4) is 0 Å². The first-order valence-electron chi connectivity index (χ1n) is 7.72. The number of hydrogen-bond donors (Lipinski definition) is 2. The molecule has 0 aromatic carbocycles. The van der Waals surface area contributed by atoms with Gasteiger partial charge in [-0.15, -0.1) is 0 Å². The van der Waals surface area contributed by atoms with Gasteiger partial charge in [-0.2, -0.15) is 4.37 Å². The molecule has 3 N–H and O–H groups in total. The minimum absolute atomic E-state index is 0.594. The predicted octanol–water partition coefficient (Wildman–Crippen LogP) is 4.56. The Morgan fingerprint density at radius 3 is 2.57 bits per heavy atom. The first kappa shape index (κ1) is 15.8. The van der Waals surface area contributed by atoms with Gasteiger partial charge in [-0.3, -0.25) is 4.98 Å². The van der Waals surface area contributed by atoms with E-state index in [1.807, 2.05) is 12.1 Å². The third-order valence-electron chi connectivity index (χ3n) is 3.50. The Morgan fingerprint density at radius 1 is 1.10 bits per heavy atom. The lowest BCUT2D eigenvalue weighted by molar-refractivity contribution is 0.617. The van der Waals surface area contributed by atoms with Gasteiger partial charge in [-0.05, 0) is 35.6 Å². The van der Waals surface area contributed by atoms with Crippen LogP contribution >= 0.6 is 11.5 Å². The number of nitrogens with one attached hydrogen (secondary N) is 1. The maximum atomic E-state index is 6.00. The second-order valence-electron chi connectivity index (χ2n) is 5.20. The Labute approximate surface area is 131 Å². The fourth-order valence-corrected chi connectivity index (χ4v) is 3.09. The number of rotatable bonds is 9. The predicted molar refractivity (Wildman–Crippen MR) is 91.6 cm³/mol. The molecule has 114 valence electrons. The molecule has 0 unspecified atom stereocenters. The van der Waals surface area contributed by atoms with Crippen LogP contribution in [0.2, 0.25) is 0 Å². The molecule has 2 aromatic rings. The molecule has 2 aromatic heterocycles. The summed E-state index contributed by atoms with van der Waals surface area (Å²) in [4.78, 5) is 4.05. The number of unbranched alkanes of at least 4 members (excludes halogenated alkanes) is 5. The molecule has 0 atom stereocenters. The third kappa shape index (κ3) is 4.70. The molecule has 0 fully saturated rings. The standard InChI is InChI=1S/C16H24N4S/c1-2-3-4-5-6-7-10-19-16-14(15(17)20-21-16)13-8-11-18-12-9-13/h8-9,11-12,19H,2-7,10H2,1H3,(H2,17,20). The molecular formula is C16H24N4S. The largest absolute Gasteiger partial charge is 0.382 e. The van der Waals surface area contributed by atoms with Crippen LogP contribution in [0.25, 0.3) is 11.1 Å². The summed E-state index contributed by atoms with van der Waals surface area (Å²) in [6.07, 6.45) is 11.4. The summed E-state index contributed by atoms with van der Waals surface area (Å²) < 4.78 is 4.27. The van der Waals surface area contributed by atoms with Gasteiger partial charge in [-0.1, -0.05) is 39.0 Å². The molecule has 0 aliphatic rings. The fourth-order valence-electron chi connectivity index (χ4n) is 2.33. The van der Waals surface area contributed by atoms with Crippen LogP contribution in [0.15, 0.2) is 24.5 Å². The van der Waals surface area contributed by atoms with Crippen molar-refractivity contribution in [1.82, 2.24) is 9.36 Å². The van der Waals surface area contributed by atoms with E-state index in [4.69, 9.17) is 5.73 Å². The zero-order chi connectivity index (χ0) is 14.9. The molecular weight excluding hydrogens is 280 g/mol. The topological polar surface area (TPSA) is 63.8 Å². The van der Waals surface area contributed by atoms with E-state index >= 15 is 0 Å². The van der Waals surface area contributed by atoms with Crippen molar-refractivity contribution < 1.29 is 0 Å². The quantitative estimate of drug-likeness (QED) is 0.667. The van der Waals surface area contributed by atoms with E-state index in [0.717, 1.165) is 22.7 Å². The molecule has 2 heterocycles. The number of nitrogens with zero attached hydrogens (tertiary/aromatic N) is 2. The lowest BCUT2D eigenvalue weighted by atomic mass is 10.1. The highest BCUT2D eigenvalue weighted by atomic mass is 32.1. The zero-order valence-electron chi connectivity index (χ0n) is 12.6. The monoisotopic (exact) mass is 304 g/mol. The van der Waals surface area contributed by atoms with Gasteiger partial charge < -0.3 is 11.1 Å². The Hall–Kier alpha value is -1.62. The van der Waals surface area contributed by atoms with E-state index in [9.17, 15) is 0 Å². The van der Waals surface area contributed by atoms with E-state index in [2.05, 4.69) is 21.6 Å². The molecule has 4 nitrogen and oxygen atoms in total. The highest BCUT2D eigenvalue weighted by Gasteiger charge is 2.12. The van der Waals surface area contributed by atoms with Gasteiger partial charge in [0.05, 0.1) is 5.56 Å². The molecule has 0 aliphatic carbocycles. The highest BCUT2D eigenvalue weighted by Crippen LogP contribution is 2.36. The minimum atomic E-state index is 0.594. The molecule has 0 saturated carbocycles.